The molecule has 3 radical (unpaired) electrons. The van der Waals surface area contributed by atoms with Crippen LogP contribution in [0.15, 0.2) is 12.2 Å². The molecule has 0 aromatic heterocycles. The first-order valence-corrected chi connectivity index (χ1v) is 5.60. The summed E-state index contributed by atoms with van der Waals surface area (Å²) in [5.41, 5.74) is 0. The summed E-state index contributed by atoms with van der Waals surface area (Å²) in [5, 5.41) is 6.85. The van der Waals surface area contributed by atoms with E-state index < -0.39 is 0 Å². The van der Waals surface area contributed by atoms with E-state index in [9.17, 15) is 0 Å². The van der Waals surface area contributed by atoms with Gasteiger partial charge in [-0.1, -0.05) is 12.2 Å². The fraction of sp³-hybridized carbons (Fsp3) is 0.800. The minimum atomic E-state index is 0.274. The van der Waals surface area contributed by atoms with Gasteiger partial charge in [0.05, 0.1) is 6.17 Å². The molecular weight excluding hydrogens is 176 g/mol. The van der Waals surface area contributed by atoms with Gasteiger partial charge in [-0.2, -0.15) is 0 Å². The normalized spacial score (nSPS) is 12.6. The summed E-state index contributed by atoms with van der Waals surface area (Å²) in [6, 6.07) is 1.89. The van der Waals surface area contributed by atoms with Gasteiger partial charge in [0.2, 0.25) is 0 Å². The van der Waals surface area contributed by atoms with Crippen molar-refractivity contribution in [1.82, 2.24) is 10.6 Å². The molecule has 0 bridgehead atoms. The second kappa shape index (κ2) is 7.30. The molecule has 0 heterocycles. The fourth-order valence-electron chi connectivity index (χ4n) is 1.08. The average Bonchev–Trinajstić information content (AvgIpc) is 1.98. The van der Waals surface area contributed by atoms with E-state index in [1.807, 2.05) is 0 Å². The van der Waals surface area contributed by atoms with E-state index in [-0.39, 0.29) is 6.17 Å². The van der Waals surface area contributed by atoms with Crippen molar-refractivity contribution >= 4 is 10.2 Å². The van der Waals surface area contributed by atoms with Crippen molar-refractivity contribution in [3.05, 3.63) is 12.2 Å². The van der Waals surface area contributed by atoms with Crippen molar-refractivity contribution in [1.29, 1.82) is 0 Å². The second-order valence-corrected chi connectivity index (χ2v) is 4.16. The van der Waals surface area contributed by atoms with Gasteiger partial charge in [-0.15, -0.1) is 0 Å². The Bertz CT molecular complexity index is 134. The Hall–Kier alpha value is -0.123. The third-order valence-corrected chi connectivity index (χ3v) is 1.71. The molecule has 13 heavy (non-hydrogen) atoms. The van der Waals surface area contributed by atoms with Crippen molar-refractivity contribution in [2.45, 2.75) is 52.0 Å². The number of allylic oxidation sites excluding steroid dienone is 1. The Kier molecular flexibility index (Phi) is 7.23. The maximum Gasteiger partial charge on any atom is 0.0767 e. The van der Waals surface area contributed by atoms with Gasteiger partial charge in [0, 0.05) is 22.3 Å². The van der Waals surface area contributed by atoms with Crippen molar-refractivity contribution in [2.75, 3.05) is 0 Å². The molecule has 2 nitrogen and oxygen atoms in total. The van der Waals surface area contributed by atoms with E-state index in [2.05, 4.69) is 60.7 Å². The third-order valence-electron chi connectivity index (χ3n) is 1.47. The summed E-state index contributed by atoms with van der Waals surface area (Å²) >= 11 is 0. The molecule has 0 aromatic carbocycles. The molecule has 3 heteroatoms. The lowest BCUT2D eigenvalue weighted by Gasteiger charge is -2.21. The van der Waals surface area contributed by atoms with E-state index in [0.717, 1.165) is 6.04 Å². The summed E-state index contributed by atoms with van der Waals surface area (Å²) in [7, 11) is 3.41. The summed E-state index contributed by atoms with van der Waals surface area (Å²) in [5.74, 6) is 0. The molecule has 0 atom stereocenters. The van der Waals surface area contributed by atoms with E-state index in [4.69, 9.17) is 0 Å². The Morgan fingerprint density at radius 1 is 1.08 bits per heavy atom. The lowest BCUT2D eigenvalue weighted by molar-refractivity contribution is 0.420. The molecule has 0 saturated carbocycles. The monoisotopic (exact) mass is 197 g/mol. The maximum absolute atomic E-state index is 3.43. The van der Waals surface area contributed by atoms with Crippen LogP contribution in [0, 0.1) is 0 Å². The Morgan fingerprint density at radius 3 is 1.85 bits per heavy atom. The molecule has 0 aliphatic rings. The van der Waals surface area contributed by atoms with Crippen LogP contribution in [0.2, 0.25) is 6.04 Å². The number of nitrogens with one attached hydrogen (secondary N) is 2. The van der Waals surface area contributed by atoms with Crippen molar-refractivity contribution in [3.8, 4) is 0 Å². The van der Waals surface area contributed by atoms with Crippen LogP contribution in [0.1, 0.15) is 27.7 Å². The van der Waals surface area contributed by atoms with Gasteiger partial charge < -0.3 is 0 Å². The van der Waals surface area contributed by atoms with Crippen LogP contribution in [0.5, 0.6) is 0 Å². The minimum Gasteiger partial charge on any atom is -0.296 e. The molecule has 0 aromatic rings. The molecule has 0 aliphatic heterocycles. The lowest BCUT2D eigenvalue weighted by atomic mass is 10.3. The van der Waals surface area contributed by atoms with Crippen LogP contribution in [0.25, 0.3) is 0 Å². The summed E-state index contributed by atoms with van der Waals surface area (Å²) in [6.07, 6.45) is 4.52. The molecule has 0 aliphatic carbocycles. The molecule has 0 amide bonds. The van der Waals surface area contributed by atoms with Crippen LogP contribution in [-0.2, 0) is 0 Å². The Morgan fingerprint density at radius 2 is 1.54 bits per heavy atom. The topological polar surface area (TPSA) is 24.1 Å². The zero-order valence-electron chi connectivity index (χ0n) is 9.09. The molecule has 0 unspecified atom stereocenters. The molecule has 0 spiro atoms. The van der Waals surface area contributed by atoms with Crippen LogP contribution in [0.4, 0.5) is 0 Å². The predicted octanol–water partition coefficient (Wildman–Crippen LogP) is 1.45. The Balaban J connectivity index is 3.95. The quantitative estimate of drug-likeness (QED) is 0.383. The minimum absolute atomic E-state index is 0.274. The highest BCUT2D eigenvalue weighted by Gasteiger charge is 2.05. The largest absolute Gasteiger partial charge is 0.296 e. The zero-order valence-corrected chi connectivity index (χ0v) is 10.1. The standard InChI is InChI=1S/C10H21N2Si/c1-8(2)11-10(6-5-7-13)12-9(3)4/h5-6,8-12H,7H2,1-4H3. The van der Waals surface area contributed by atoms with Crippen molar-refractivity contribution in [2.24, 2.45) is 0 Å². The van der Waals surface area contributed by atoms with Crippen LogP contribution in [0.3, 0.4) is 0 Å². The number of rotatable bonds is 6. The first-order chi connectivity index (χ1) is 6.06. The van der Waals surface area contributed by atoms with E-state index in [0.29, 0.717) is 12.1 Å². The molecule has 75 valence electrons. The third kappa shape index (κ3) is 8.21. The SMILES string of the molecule is CC(C)NC(C=CC[Si])NC(C)C. The van der Waals surface area contributed by atoms with Crippen LogP contribution < -0.4 is 10.6 Å². The smallest absolute Gasteiger partial charge is 0.0767 e. The molecule has 0 fully saturated rings. The van der Waals surface area contributed by atoms with Crippen molar-refractivity contribution in [3.63, 3.8) is 0 Å². The highest BCUT2D eigenvalue weighted by Crippen LogP contribution is 1.91. The van der Waals surface area contributed by atoms with Gasteiger partial charge in [0.1, 0.15) is 0 Å². The number of hydrogen-bond acceptors (Lipinski definition) is 2. The van der Waals surface area contributed by atoms with Gasteiger partial charge >= 0.3 is 0 Å². The van der Waals surface area contributed by atoms with E-state index in [1.165, 1.54) is 0 Å². The lowest BCUT2D eigenvalue weighted by Crippen LogP contribution is -2.46. The van der Waals surface area contributed by atoms with E-state index >= 15 is 0 Å². The van der Waals surface area contributed by atoms with Gasteiger partial charge in [-0.3, -0.25) is 10.6 Å². The van der Waals surface area contributed by atoms with Crippen LogP contribution in [-0.4, -0.2) is 28.5 Å². The van der Waals surface area contributed by atoms with Gasteiger partial charge in [-0.05, 0) is 33.7 Å². The highest BCUT2D eigenvalue weighted by atomic mass is 28.1. The summed E-state index contributed by atoms with van der Waals surface area (Å²) in [4.78, 5) is 0. The molecule has 0 saturated heterocycles. The summed E-state index contributed by atoms with van der Waals surface area (Å²) < 4.78 is 0. The Labute approximate surface area is 85.6 Å². The zero-order chi connectivity index (χ0) is 10.3. The maximum atomic E-state index is 3.43. The van der Waals surface area contributed by atoms with Gasteiger partial charge in [0.15, 0.2) is 0 Å². The highest BCUT2D eigenvalue weighted by molar-refractivity contribution is 6.09. The average molecular weight is 197 g/mol. The fourth-order valence-corrected chi connectivity index (χ4v) is 1.22. The summed E-state index contributed by atoms with van der Waals surface area (Å²) in [6.45, 7) is 8.60. The molecule has 2 N–H and O–H groups in total. The molecular formula is C10H21N2Si. The van der Waals surface area contributed by atoms with Gasteiger partial charge in [0.25, 0.3) is 0 Å². The predicted molar refractivity (Wildman–Crippen MR) is 60.0 cm³/mol. The number of hydrogen-bond donors (Lipinski definition) is 2. The first-order valence-electron chi connectivity index (χ1n) is 4.89. The van der Waals surface area contributed by atoms with E-state index in [1.54, 1.807) is 0 Å². The first kappa shape index (κ1) is 12.9. The molecule has 0 rings (SSSR count). The second-order valence-electron chi connectivity index (χ2n) is 3.75. The van der Waals surface area contributed by atoms with Crippen molar-refractivity contribution < 1.29 is 0 Å². The van der Waals surface area contributed by atoms with Crippen LogP contribution >= 0.6 is 0 Å². The van der Waals surface area contributed by atoms with Gasteiger partial charge in [-0.25, -0.2) is 0 Å².